The molecule has 6 nitrogen and oxygen atoms in total. The van der Waals surface area contributed by atoms with Crippen molar-refractivity contribution >= 4 is 23.9 Å². The van der Waals surface area contributed by atoms with Crippen LogP contribution in [-0.4, -0.2) is 48.4 Å². The van der Waals surface area contributed by atoms with Crippen LogP contribution in [-0.2, 0) is 19.1 Å². The van der Waals surface area contributed by atoms with Gasteiger partial charge < -0.3 is 15.0 Å². The van der Waals surface area contributed by atoms with E-state index in [0.29, 0.717) is 19.4 Å². The number of benzene rings is 1. The van der Waals surface area contributed by atoms with Gasteiger partial charge in [-0.3, -0.25) is 9.59 Å². The summed E-state index contributed by atoms with van der Waals surface area (Å²) in [5.74, 6) is -0.735. The van der Waals surface area contributed by atoms with E-state index >= 15 is 0 Å². The Balaban J connectivity index is 2.03. The topological polar surface area (TPSA) is 75.7 Å². The third-order valence-electron chi connectivity index (χ3n) is 4.57. The number of nitrogens with one attached hydrogen (secondary N) is 1. The third-order valence-corrected chi connectivity index (χ3v) is 4.57. The fraction of sp³-hybridized carbons (Fsp3) is 0.476. The molecule has 1 N–H and O–H groups in total. The Kier molecular flexibility index (Phi) is 7.58. The van der Waals surface area contributed by atoms with E-state index in [2.05, 4.69) is 5.32 Å². The number of amides is 2. The van der Waals surface area contributed by atoms with Crippen LogP contribution in [0.2, 0.25) is 0 Å². The van der Waals surface area contributed by atoms with Gasteiger partial charge in [0.2, 0.25) is 11.8 Å². The molecule has 1 aliphatic heterocycles. The molecule has 146 valence electrons. The summed E-state index contributed by atoms with van der Waals surface area (Å²) in [6.45, 7) is 4.48. The standard InChI is InChI=1S/C21H28N2O4/c1-15(2)14-17(21(26)27-3)22-20(25)18-10-7-13-23(18)19(24)12-11-16-8-5-4-6-9-16/h4-6,8-9,11-12,15,17-18H,7,10,13-14H2,1-3H3,(H,22,25)/b12-11+/t17-,18+/m0/s1. The van der Waals surface area contributed by atoms with E-state index in [1.54, 1.807) is 11.0 Å². The lowest BCUT2D eigenvalue weighted by Crippen LogP contribution is -2.51. The van der Waals surface area contributed by atoms with Gasteiger partial charge in [-0.05, 0) is 36.8 Å². The number of carbonyl (C=O) groups is 3. The van der Waals surface area contributed by atoms with Crippen LogP contribution in [0.15, 0.2) is 36.4 Å². The summed E-state index contributed by atoms with van der Waals surface area (Å²) in [4.78, 5) is 38.8. The predicted molar refractivity (Wildman–Crippen MR) is 104 cm³/mol. The van der Waals surface area contributed by atoms with Gasteiger partial charge in [-0.1, -0.05) is 44.2 Å². The molecule has 1 fully saturated rings. The van der Waals surface area contributed by atoms with Crippen LogP contribution >= 0.6 is 0 Å². The molecule has 2 rings (SSSR count). The quantitative estimate of drug-likeness (QED) is 0.589. The van der Waals surface area contributed by atoms with Crippen molar-refractivity contribution in [1.82, 2.24) is 10.2 Å². The van der Waals surface area contributed by atoms with Gasteiger partial charge in [-0.25, -0.2) is 4.79 Å². The van der Waals surface area contributed by atoms with Crippen LogP contribution in [0, 0.1) is 5.92 Å². The van der Waals surface area contributed by atoms with Gasteiger partial charge in [-0.2, -0.15) is 0 Å². The van der Waals surface area contributed by atoms with Crippen LogP contribution in [0.3, 0.4) is 0 Å². The van der Waals surface area contributed by atoms with Crippen molar-refractivity contribution in [2.45, 2.75) is 45.2 Å². The van der Waals surface area contributed by atoms with Crippen molar-refractivity contribution in [2.24, 2.45) is 5.92 Å². The first kappa shape index (κ1) is 20.7. The molecule has 0 radical (unpaired) electrons. The minimum Gasteiger partial charge on any atom is -0.467 e. The summed E-state index contributed by atoms with van der Waals surface area (Å²) in [5.41, 5.74) is 0.925. The fourth-order valence-corrected chi connectivity index (χ4v) is 3.23. The second kappa shape index (κ2) is 9.90. The number of esters is 1. The Morgan fingerprint density at radius 1 is 1.26 bits per heavy atom. The molecule has 0 bridgehead atoms. The van der Waals surface area contributed by atoms with Gasteiger partial charge >= 0.3 is 5.97 Å². The molecule has 0 saturated carbocycles. The molecule has 2 atom stereocenters. The number of carbonyl (C=O) groups excluding carboxylic acids is 3. The first-order valence-electron chi connectivity index (χ1n) is 9.34. The molecular weight excluding hydrogens is 344 g/mol. The minimum absolute atomic E-state index is 0.199. The summed E-state index contributed by atoms with van der Waals surface area (Å²) in [6, 6.07) is 8.28. The summed E-state index contributed by atoms with van der Waals surface area (Å²) < 4.78 is 4.79. The number of methoxy groups -OCH3 is 1. The molecule has 0 unspecified atom stereocenters. The normalized spacial score (nSPS) is 17.9. The van der Waals surface area contributed by atoms with Crippen molar-refractivity contribution in [3.8, 4) is 0 Å². The minimum atomic E-state index is -0.695. The fourth-order valence-electron chi connectivity index (χ4n) is 3.23. The average Bonchev–Trinajstić information content (AvgIpc) is 3.15. The largest absolute Gasteiger partial charge is 0.467 e. The molecular formula is C21H28N2O4. The average molecular weight is 372 g/mol. The van der Waals surface area contributed by atoms with Crippen molar-refractivity contribution < 1.29 is 19.1 Å². The van der Waals surface area contributed by atoms with Gasteiger partial charge in [0, 0.05) is 12.6 Å². The summed E-state index contributed by atoms with van der Waals surface area (Å²) >= 11 is 0. The van der Waals surface area contributed by atoms with Gasteiger partial charge in [0.25, 0.3) is 0 Å². The van der Waals surface area contributed by atoms with Crippen molar-refractivity contribution in [3.05, 3.63) is 42.0 Å². The molecule has 6 heteroatoms. The molecule has 0 aliphatic carbocycles. The van der Waals surface area contributed by atoms with Crippen LogP contribution < -0.4 is 5.32 Å². The number of ether oxygens (including phenoxy) is 1. The number of likely N-dealkylation sites (tertiary alicyclic amines) is 1. The Hall–Kier alpha value is -2.63. The van der Waals surface area contributed by atoms with E-state index < -0.39 is 18.1 Å². The molecule has 2 amide bonds. The molecule has 1 saturated heterocycles. The molecule has 1 aromatic rings. The highest BCUT2D eigenvalue weighted by atomic mass is 16.5. The van der Waals surface area contributed by atoms with Crippen LogP contribution in [0.4, 0.5) is 0 Å². The highest BCUT2D eigenvalue weighted by molar-refractivity contribution is 5.96. The molecule has 0 aromatic heterocycles. The lowest BCUT2D eigenvalue weighted by molar-refractivity contribution is -0.146. The lowest BCUT2D eigenvalue weighted by atomic mass is 10.0. The van der Waals surface area contributed by atoms with E-state index in [1.165, 1.54) is 13.2 Å². The van der Waals surface area contributed by atoms with E-state index in [4.69, 9.17) is 4.74 Å². The van der Waals surface area contributed by atoms with E-state index in [0.717, 1.165) is 12.0 Å². The zero-order valence-corrected chi connectivity index (χ0v) is 16.2. The van der Waals surface area contributed by atoms with Gasteiger partial charge in [-0.15, -0.1) is 0 Å². The Morgan fingerprint density at radius 2 is 1.96 bits per heavy atom. The maximum Gasteiger partial charge on any atom is 0.328 e. The zero-order chi connectivity index (χ0) is 19.8. The van der Waals surface area contributed by atoms with E-state index in [-0.39, 0.29) is 17.7 Å². The summed E-state index contributed by atoms with van der Waals surface area (Å²) in [5, 5.41) is 2.77. The Bertz CT molecular complexity index is 685. The molecule has 1 heterocycles. The summed E-state index contributed by atoms with van der Waals surface area (Å²) in [7, 11) is 1.31. The van der Waals surface area contributed by atoms with E-state index in [9.17, 15) is 14.4 Å². The molecule has 1 aromatic carbocycles. The predicted octanol–water partition coefficient (Wildman–Crippen LogP) is 2.39. The number of nitrogens with zero attached hydrogens (tertiary/aromatic N) is 1. The number of hydrogen-bond donors (Lipinski definition) is 1. The number of rotatable bonds is 7. The van der Waals surface area contributed by atoms with Crippen LogP contribution in [0.1, 0.15) is 38.7 Å². The Morgan fingerprint density at radius 3 is 2.59 bits per heavy atom. The van der Waals surface area contributed by atoms with Gasteiger partial charge in [0.15, 0.2) is 0 Å². The SMILES string of the molecule is COC(=O)[C@H](CC(C)C)NC(=O)[C@H]1CCCN1C(=O)/C=C/c1ccccc1. The smallest absolute Gasteiger partial charge is 0.328 e. The van der Waals surface area contributed by atoms with Gasteiger partial charge in [0.05, 0.1) is 7.11 Å². The number of hydrogen-bond acceptors (Lipinski definition) is 4. The molecule has 27 heavy (non-hydrogen) atoms. The van der Waals surface area contributed by atoms with Crippen molar-refractivity contribution in [3.63, 3.8) is 0 Å². The molecule has 1 aliphatic rings. The maximum absolute atomic E-state index is 12.7. The monoisotopic (exact) mass is 372 g/mol. The summed E-state index contributed by atoms with van der Waals surface area (Å²) in [6.07, 6.45) is 5.08. The maximum atomic E-state index is 12.7. The zero-order valence-electron chi connectivity index (χ0n) is 16.2. The second-order valence-corrected chi connectivity index (χ2v) is 7.15. The second-order valence-electron chi connectivity index (χ2n) is 7.15. The van der Waals surface area contributed by atoms with Gasteiger partial charge in [0.1, 0.15) is 12.1 Å². The van der Waals surface area contributed by atoms with Crippen LogP contribution in [0.25, 0.3) is 6.08 Å². The third kappa shape index (κ3) is 5.94. The highest BCUT2D eigenvalue weighted by Gasteiger charge is 2.35. The van der Waals surface area contributed by atoms with Crippen molar-refractivity contribution in [1.29, 1.82) is 0 Å². The van der Waals surface area contributed by atoms with E-state index in [1.807, 2.05) is 44.2 Å². The Labute approximate surface area is 160 Å². The molecule has 0 spiro atoms. The highest BCUT2D eigenvalue weighted by Crippen LogP contribution is 2.19. The lowest BCUT2D eigenvalue weighted by Gasteiger charge is -2.25. The first-order valence-corrected chi connectivity index (χ1v) is 9.34. The van der Waals surface area contributed by atoms with Crippen LogP contribution in [0.5, 0.6) is 0 Å². The first-order chi connectivity index (χ1) is 12.9. The van der Waals surface area contributed by atoms with Crippen molar-refractivity contribution in [2.75, 3.05) is 13.7 Å².